The molecule has 0 radical (unpaired) electrons. The fraction of sp³-hybridized carbons (Fsp3) is 0.500. The highest BCUT2D eigenvalue weighted by Gasteiger charge is 2.34. The molecule has 0 spiro atoms. The zero-order chi connectivity index (χ0) is 19.1. The number of nitrogens with one attached hydrogen (secondary N) is 2. The molecule has 0 amide bonds. The van der Waals surface area contributed by atoms with Crippen molar-refractivity contribution in [3.63, 3.8) is 0 Å². The Kier molecular flexibility index (Phi) is 9.10. The summed E-state index contributed by atoms with van der Waals surface area (Å²) in [5, 5.41) is 7.90. The van der Waals surface area contributed by atoms with Gasteiger partial charge in [-0.1, -0.05) is 12.1 Å². The summed E-state index contributed by atoms with van der Waals surface area (Å²) in [5.41, 5.74) is 0.872. The molecule has 0 bridgehead atoms. The van der Waals surface area contributed by atoms with E-state index in [1.54, 1.807) is 30.5 Å². The van der Waals surface area contributed by atoms with Gasteiger partial charge in [-0.05, 0) is 37.5 Å². The topological polar surface area (TPSA) is 58.5 Å². The van der Waals surface area contributed by atoms with Crippen LogP contribution in [0, 0.1) is 12.7 Å². The van der Waals surface area contributed by atoms with E-state index in [4.69, 9.17) is 4.74 Å². The van der Waals surface area contributed by atoms with E-state index in [2.05, 4.69) is 27.5 Å². The molecule has 0 atom stereocenters. The third kappa shape index (κ3) is 6.12. The Morgan fingerprint density at radius 2 is 2.11 bits per heavy atom. The van der Waals surface area contributed by atoms with Gasteiger partial charge in [-0.3, -0.25) is 4.99 Å². The molecule has 5 nitrogen and oxygen atoms in total. The van der Waals surface area contributed by atoms with Crippen LogP contribution in [0.15, 0.2) is 35.5 Å². The molecule has 2 aromatic rings. The third-order valence-corrected chi connectivity index (χ3v) is 5.98. The molecule has 0 aliphatic carbocycles. The molecule has 1 saturated heterocycles. The molecule has 0 unspecified atom stereocenters. The summed E-state index contributed by atoms with van der Waals surface area (Å²) in [7, 11) is 1.77. The first-order chi connectivity index (χ1) is 13.1. The molecule has 154 valence electrons. The van der Waals surface area contributed by atoms with Gasteiger partial charge in [0.2, 0.25) is 0 Å². The van der Waals surface area contributed by atoms with Crippen LogP contribution in [0.25, 0.3) is 0 Å². The number of guanidine groups is 1. The van der Waals surface area contributed by atoms with E-state index in [9.17, 15) is 4.39 Å². The van der Waals surface area contributed by atoms with Gasteiger partial charge in [-0.15, -0.1) is 35.3 Å². The van der Waals surface area contributed by atoms with Crippen LogP contribution in [0.1, 0.15) is 28.3 Å². The van der Waals surface area contributed by atoms with Gasteiger partial charge in [0.25, 0.3) is 0 Å². The van der Waals surface area contributed by atoms with Gasteiger partial charge >= 0.3 is 0 Å². The summed E-state index contributed by atoms with van der Waals surface area (Å²) < 4.78 is 19.3. The number of aryl methyl sites for hydroxylation is 1. The highest BCUT2D eigenvalue weighted by Crippen LogP contribution is 2.34. The van der Waals surface area contributed by atoms with Crippen molar-refractivity contribution in [1.82, 2.24) is 15.6 Å². The largest absolute Gasteiger partial charge is 0.381 e. The van der Waals surface area contributed by atoms with Crippen molar-refractivity contribution >= 4 is 41.3 Å². The first-order valence-electron chi connectivity index (χ1n) is 9.31. The summed E-state index contributed by atoms with van der Waals surface area (Å²) in [6.07, 6.45) is 4.49. The molecule has 2 heterocycles. The number of aromatic nitrogens is 1. The predicted molar refractivity (Wildman–Crippen MR) is 123 cm³/mol. The number of thiazole rings is 1. The Bertz CT molecular complexity index is 777. The Hall–Kier alpha value is -1.26. The van der Waals surface area contributed by atoms with E-state index in [1.165, 1.54) is 10.9 Å². The number of ether oxygens (including phenoxy) is 1. The molecule has 2 N–H and O–H groups in total. The monoisotopic (exact) mass is 518 g/mol. The first-order valence-corrected chi connectivity index (χ1v) is 10.1. The summed E-state index contributed by atoms with van der Waals surface area (Å²) >= 11 is 1.72. The SMILES string of the molecule is CN=C(NCCc1ncc(C)s1)NCC1(c2cccc(F)c2)CCOCC1.I. The van der Waals surface area contributed by atoms with Crippen molar-refractivity contribution in [3.05, 3.63) is 51.7 Å². The van der Waals surface area contributed by atoms with E-state index < -0.39 is 0 Å². The zero-order valence-corrected chi connectivity index (χ0v) is 19.5. The van der Waals surface area contributed by atoms with Crippen LogP contribution in [0.3, 0.4) is 0 Å². The summed E-state index contributed by atoms with van der Waals surface area (Å²) in [4.78, 5) is 9.93. The minimum atomic E-state index is -0.195. The van der Waals surface area contributed by atoms with Gasteiger partial charge < -0.3 is 15.4 Å². The smallest absolute Gasteiger partial charge is 0.191 e. The van der Waals surface area contributed by atoms with Gasteiger partial charge in [-0.25, -0.2) is 9.37 Å². The van der Waals surface area contributed by atoms with Gasteiger partial charge in [0, 0.05) is 56.3 Å². The quantitative estimate of drug-likeness (QED) is 0.348. The average Bonchev–Trinajstić information content (AvgIpc) is 3.10. The zero-order valence-electron chi connectivity index (χ0n) is 16.3. The molecule has 28 heavy (non-hydrogen) atoms. The lowest BCUT2D eigenvalue weighted by atomic mass is 9.74. The molecular weight excluding hydrogens is 490 g/mol. The summed E-state index contributed by atoms with van der Waals surface area (Å²) in [6.45, 7) is 4.90. The molecule has 1 aliphatic heterocycles. The Labute approximate surface area is 187 Å². The lowest BCUT2D eigenvalue weighted by Gasteiger charge is -2.38. The lowest BCUT2D eigenvalue weighted by Crippen LogP contribution is -2.48. The van der Waals surface area contributed by atoms with Crippen LogP contribution in [0.5, 0.6) is 0 Å². The van der Waals surface area contributed by atoms with Gasteiger partial charge in [-0.2, -0.15) is 0 Å². The van der Waals surface area contributed by atoms with Crippen molar-refractivity contribution in [2.75, 3.05) is 33.4 Å². The molecular formula is C20H28FIN4OS. The number of hydrogen-bond acceptors (Lipinski definition) is 4. The summed E-state index contributed by atoms with van der Waals surface area (Å²) in [6, 6.07) is 6.93. The van der Waals surface area contributed by atoms with Crippen molar-refractivity contribution < 1.29 is 9.13 Å². The Morgan fingerprint density at radius 1 is 1.32 bits per heavy atom. The second-order valence-corrected chi connectivity index (χ2v) is 8.19. The van der Waals surface area contributed by atoms with Crippen LogP contribution in [0.2, 0.25) is 0 Å². The van der Waals surface area contributed by atoms with E-state index in [1.807, 2.05) is 12.3 Å². The average molecular weight is 518 g/mol. The number of aliphatic imine (C=N–C) groups is 1. The van der Waals surface area contributed by atoms with Crippen molar-refractivity contribution in [3.8, 4) is 0 Å². The first kappa shape index (κ1) is 23.0. The number of hydrogen-bond donors (Lipinski definition) is 2. The molecule has 0 saturated carbocycles. The van der Waals surface area contributed by atoms with Crippen LogP contribution >= 0.6 is 35.3 Å². The molecule has 8 heteroatoms. The number of nitrogens with zero attached hydrogens (tertiary/aromatic N) is 2. The van der Waals surface area contributed by atoms with Crippen molar-refractivity contribution in [1.29, 1.82) is 0 Å². The van der Waals surface area contributed by atoms with E-state index in [-0.39, 0.29) is 35.2 Å². The van der Waals surface area contributed by atoms with Crippen LogP contribution in [-0.2, 0) is 16.6 Å². The summed E-state index contributed by atoms with van der Waals surface area (Å²) in [5.74, 6) is 0.560. The maximum atomic E-state index is 13.8. The van der Waals surface area contributed by atoms with Crippen LogP contribution in [-0.4, -0.2) is 44.3 Å². The highest BCUT2D eigenvalue weighted by atomic mass is 127. The van der Waals surface area contributed by atoms with Gasteiger partial charge in [0.15, 0.2) is 5.96 Å². The van der Waals surface area contributed by atoms with Crippen molar-refractivity contribution in [2.24, 2.45) is 4.99 Å². The maximum absolute atomic E-state index is 13.8. The predicted octanol–water partition coefficient (Wildman–Crippen LogP) is 3.66. The minimum absolute atomic E-state index is 0. The maximum Gasteiger partial charge on any atom is 0.191 e. The lowest BCUT2D eigenvalue weighted by molar-refractivity contribution is 0.0513. The fourth-order valence-electron chi connectivity index (χ4n) is 3.43. The third-order valence-electron chi connectivity index (χ3n) is 5.01. The second kappa shape index (κ2) is 11.1. The second-order valence-electron chi connectivity index (χ2n) is 6.87. The fourth-order valence-corrected chi connectivity index (χ4v) is 4.21. The Morgan fingerprint density at radius 3 is 2.75 bits per heavy atom. The minimum Gasteiger partial charge on any atom is -0.381 e. The highest BCUT2D eigenvalue weighted by molar-refractivity contribution is 14.0. The standard InChI is InChI=1S/C20H27FN4OS.HI/c1-15-13-24-18(27-15)6-9-23-19(22-2)25-14-20(7-10-26-11-8-20)16-4-3-5-17(21)12-16;/h3-5,12-13H,6-11,14H2,1-2H3,(H2,22,23,25);1H. The van der Waals surface area contributed by atoms with Crippen LogP contribution < -0.4 is 10.6 Å². The van der Waals surface area contributed by atoms with E-state index >= 15 is 0 Å². The molecule has 3 rings (SSSR count). The Balaban J connectivity index is 0.00000280. The normalized spacial score (nSPS) is 16.3. The molecule has 1 aliphatic rings. The van der Waals surface area contributed by atoms with Crippen molar-refractivity contribution in [2.45, 2.75) is 31.6 Å². The molecule has 1 aromatic heterocycles. The van der Waals surface area contributed by atoms with E-state index in [0.717, 1.165) is 42.3 Å². The number of rotatable bonds is 6. The van der Waals surface area contributed by atoms with E-state index in [0.29, 0.717) is 19.8 Å². The number of benzene rings is 1. The molecule has 1 aromatic carbocycles. The van der Waals surface area contributed by atoms with Crippen LogP contribution in [0.4, 0.5) is 4.39 Å². The van der Waals surface area contributed by atoms with Gasteiger partial charge in [0.05, 0.1) is 5.01 Å². The van der Waals surface area contributed by atoms with Gasteiger partial charge in [0.1, 0.15) is 5.82 Å². The molecule has 1 fully saturated rings. The number of halogens is 2.